The number of nitriles is 4. The highest BCUT2D eigenvalue weighted by Gasteiger charge is 2.25. The van der Waals surface area contributed by atoms with Crippen LogP contribution in [0.4, 0.5) is 0 Å². The number of hydrogen-bond donors (Lipinski definition) is 3. The monoisotopic (exact) mass is 1010 g/mol. The van der Waals surface area contributed by atoms with Gasteiger partial charge in [0.25, 0.3) is 0 Å². The lowest BCUT2D eigenvalue weighted by Crippen LogP contribution is -2.36. The maximum absolute atomic E-state index is 12.5. The molecule has 0 heterocycles. The second-order valence-corrected chi connectivity index (χ2v) is 24.1. The highest BCUT2D eigenvalue weighted by atomic mass is 32.2. The van der Waals surface area contributed by atoms with Gasteiger partial charge in [0.1, 0.15) is 17.3 Å². The van der Waals surface area contributed by atoms with Gasteiger partial charge in [0.2, 0.25) is 0 Å². The maximum Gasteiger partial charge on any atom is 0.150 e. The van der Waals surface area contributed by atoms with Gasteiger partial charge in [0.05, 0.1) is 94.8 Å². The van der Waals surface area contributed by atoms with Crippen molar-refractivity contribution >= 4 is 45.5 Å². The predicted octanol–water partition coefficient (Wildman–Crippen LogP) is 10.5. The van der Waals surface area contributed by atoms with Crippen LogP contribution in [0, 0.1) is 45.3 Å². The first-order valence-corrected chi connectivity index (χ1v) is 25.6. The van der Waals surface area contributed by atoms with Crippen molar-refractivity contribution < 1.29 is 17.4 Å². The number of nitrogens with two attached hydrogens (primary N) is 2. The van der Waals surface area contributed by atoms with Gasteiger partial charge >= 0.3 is 0 Å². The summed E-state index contributed by atoms with van der Waals surface area (Å²) < 4.78 is 40.7. The fourth-order valence-corrected chi connectivity index (χ4v) is 6.71. The minimum Gasteiger partial charge on any atom is -0.320 e. The highest BCUT2D eigenvalue weighted by molar-refractivity contribution is 7.85. The van der Waals surface area contributed by atoms with Crippen LogP contribution in [0.2, 0.25) is 0 Å². The smallest absolute Gasteiger partial charge is 0.150 e. The van der Waals surface area contributed by atoms with Crippen LogP contribution in [0.25, 0.3) is 0 Å². The van der Waals surface area contributed by atoms with Crippen molar-refractivity contribution in [3.63, 3.8) is 0 Å². The van der Waals surface area contributed by atoms with Gasteiger partial charge in [-0.1, -0.05) is 109 Å². The van der Waals surface area contributed by atoms with E-state index in [-0.39, 0.29) is 26.3 Å². The molecule has 71 heavy (non-hydrogen) atoms. The fourth-order valence-electron chi connectivity index (χ4n) is 5.34. The van der Waals surface area contributed by atoms with Crippen molar-refractivity contribution in [3.8, 4) is 24.3 Å². The molecule has 368 valence electrons. The van der Waals surface area contributed by atoms with Crippen molar-refractivity contribution in [2.45, 2.75) is 88.6 Å². The first-order chi connectivity index (χ1) is 33.5. The molecule has 0 bridgehead atoms. The van der Waals surface area contributed by atoms with Gasteiger partial charge in [-0.3, -0.25) is 9.93 Å². The number of hydrogen-bond acceptors (Lipinski definition) is 9. The molecule has 0 aliphatic rings. The van der Waals surface area contributed by atoms with Crippen molar-refractivity contribution in [3.05, 3.63) is 213 Å². The Morgan fingerprint density at radius 2 is 0.887 bits per heavy atom. The van der Waals surface area contributed by atoms with E-state index in [2.05, 4.69) is 21.3 Å². The molecule has 5 N–H and O–H groups in total. The molecule has 0 aliphatic carbocycles. The second kappa shape index (κ2) is 29.9. The molecule has 0 aromatic heterocycles. The SMILES string of the molecule is CC(C)(C)S(=O)N=Cc1cccc(C#N)c1.CC(C)(C)S(=O)NC(c1ccccc1)c1cccc(C#N)c1.CC(C)(C)S(N)=O.N#Cc1cccc(C(N)c2ccccc2)c1.N#Cc1cccc(C=O)c1. The Balaban J connectivity index is 0.000000318. The number of nitrogens with one attached hydrogen (secondary N) is 1. The Kier molecular flexibility index (Phi) is 25.3. The van der Waals surface area contributed by atoms with Crippen molar-refractivity contribution in [1.29, 1.82) is 21.0 Å². The van der Waals surface area contributed by atoms with Crippen LogP contribution in [0.1, 0.15) is 135 Å². The summed E-state index contributed by atoms with van der Waals surface area (Å²) >= 11 is 0. The van der Waals surface area contributed by atoms with E-state index >= 15 is 0 Å². The topological polar surface area (TPSA) is 240 Å². The maximum atomic E-state index is 12.5. The lowest BCUT2D eigenvalue weighted by atomic mass is 9.98. The van der Waals surface area contributed by atoms with E-state index in [1.807, 2.05) is 178 Å². The lowest BCUT2D eigenvalue weighted by Gasteiger charge is -2.25. The molecule has 0 fully saturated rings. The van der Waals surface area contributed by atoms with Crippen molar-refractivity contribution in [2.24, 2.45) is 15.3 Å². The molecule has 0 amide bonds. The standard InChI is InChI=1S/C18H20N2OS.C14H12N2.C12H14N2OS.C8H5NO.C4H11NOS/c1-18(2,3)22(21)20-17(15-9-5-4-6-10-15)16-11-7-8-14(12-16)13-19;15-10-11-5-4-8-13(9-11)14(16)12-6-2-1-3-7-12;1-12(2,3)16(15)14-9-11-6-4-5-10(7-11)8-13;9-5-7-2-1-3-8(4-7)6-10;1-4(2,3)7(5)6/h4-12,17,20H,1-3H3;1-9,14H,16H2;4-7,9H,1-3H3;1-4,6H;5H2,1-3H3. The average Bonchev–Trinajstić information content (AvgIpc) is 3.37. The van der Waals surface area contributed by atoms with E-state index in [9.17, 15) is 17.4 Å². The molecule has 0 spiro atoms. The third-order valence-electron chi connectivity index (χ3n) is 9.39. The average molecular weight is 1010 g/mol. The number of carbonyl (C=O) groups is 1. The van der Waals surface area contributed by atoms with E-state index in [1.54, 1.807) is 60.8 Å². The summed E-state index contributed by atoms with van der Waals surface area (Å²) in [6.45, 7) is 16.9. The minimum absolute atomic E-state index is 0.172. The normalized spacial score (nSPS) is 12.9. The Bertz CT molecular complexity index is 2920. The Morgan fingerprint density at radius 1 is 0.507 bits per heavy atom. The molecule has 0 aliphatic heterocycles. The number of aldehydes is 1. The first kappa shape index (κ1) is 60.1. The van der Waals surface area contributed by atoms with Gasteiger partial charge in [-0.15, -0.1) is 0 Å². The Morgan fingerprint density at radius 3 is 1.31 bits per heavy atom. The highest BCUT2D eigenvalue weighted by Crippen LogP contribution is 2.25. The Labute approximate surface area is 427 Å². The van der Waals surface area contributed by atoms with Crippen molar-refractivity contribution in [1.82, 2.24) is 4.72 Å². The fraction of sp³-hybridized carbons (Fsp3) is 0.250. The van der Waals surface area contributed by atoms with E-state index in [4.69, 9.17) is 31.9 Å². The van der Waals surface area contributed by atoms with Crippen LogP contribution in [0.3, 0.4) is 0 Å². The largest absolute Gasteiger partial charge is 0.320 e. The summed E-state index contributed by atoms with van der Waals surface area (Å²) in [5, 5.41) is 40.1. The zero-order valence-electron chi connectivity index (χ0n) is 41.6. The molecular formula is C56H62N8O4S3. The zero-order valence-corrected chi connectivity index (χ0v) is 44.0. The third kappa shape index (κ3) is 22.5. The van der Waals surface area contributed by atoms with E-state index in [0.29, 0.717) is 27.8 Å². The summed E-state index contributed by atoms with van der Waals surface area (Å²) in [5.74, 6) is 0. The second-order valence-electron chi connectivity index (χ2n) is 18.3. The van der Waals surface area contributed by atoms with E-state index < -0.39 is 33.0 Å². The van der Waals surface area contributed by atoms with Gasteiger partial charge in [0.15, 0.2) is 0 Å². The molecule has 6 aromatic rings. The van der Waals surface area contributed by atoms with E-state index in [0.717, 1.165) is 34.1 Å². The number of carbonyl (C=O) groups excluding carboxylic acids is 1. The van der Waals surface area contributed by atoms with Gasteiger partial charge < -0.3 is 5.73 Å². The summed E-state index contributed by atoms with van der Waals surface area (Å²) in [5.41, 5.74) is 13.8. The quantitative estimate of drug-likeness (QED) is 0.0920. The number of nitrogens with zero attached hydrogens (tertiary/aromatic N) is 5. The summed E-state index contributed by atoms with van der Waals surface area (Å²) in [7, 11) is -3.65. The predicted molar refractivity (Wildman–Crippen MR) is 289 cm³/mol. The summed E-state index contributed by atoms with van der Waals surface area (Å²) in [4.78, 5) is 10.2. The summed E-state index contributed by atoms with van der Waals surface area (Å²) in [6, 6.07) is 56.0. The van der Waals surface area contributed by atoms with Crippen LogP contribution < -0.4 is 15.6 Å². The first-order valence-electron chi connectivity index (χ1n) is 22.1. The van der Waals surface area contributed by atoms with Crippen LogP contribution in [0.5, 0.6) is 0 Å². The van der Waals surface area contributed by atoms with Gasteiger partial charge in [-0.25, -0.2) is 17.3 Å². The van der Waals surface area contributed by atoms with Crippen LogP contribution in [-0.2, 0) is 33.0 Å². The Hall–Kier alpha value is -7.05. The lowest BCUT2D eigenvalue weighted by molar-refractivity contribution is 0.112. The minimum atomic E-state index is -1.26. The van der Waals surface area contributed by atoms with E-state index in [1.165, 1.54) is 0 Å². The molecule has 15 heteroatoms. The number of benzene rings is 6. The van der Waals surface area contributed by atoms with Crippen molar-refractivity contribution in [2.75, 3.05) is 0 Å². The van der Waals surface area contributed by atoms with Crippen LogP contribution >= 0.6 is 0 Å². The number of rotatable bonds is 9. The molecule has 0 saturated heterocycles. The van der Waals surface area contributed by atoms with Crippen LogP contribution in [0.15, 0.2) is 162 Å². The molecule has 12 nitrogen and oxygen atoms in total. The molecule has 0 radical (unpaired) electrons. The third-order valence-corrected chi connectivity index (χ3v) is 13.5. The molecule has 6 aromatic carbocycles. The summed E-state index contributed by atoms with van der Waals surface area (Å²) in [6.07, 6.45) is 2.27. The molecule has 5 atom stereocenters. The van der Waals surface area contributed by atoms with Gasteiger partial charge in [-0.2, -0.15) is 25.4 Å². The van der Waals surface area contributed by atoms with Crippen LogP contribution in [-0.4, -0.2) is 39.4 Å². The molecule has 6 rings (SSSR count). The molecule has 5 unspecified atom stereocenters. The zero-order chi connectivity index (χ0) is 53.2. The van der Waals surface area contributed by atoms with Gasteiger partial charge in [-0.05, 0) is 139 Å². The molecule has 0 saturated carbocycles. The molecular weight excluding hydrogens is 945 g/mol. The van der Waals surface area contributed by atoms with Gasteiger partial charge in [0, 0.05) is 11.8 Å².